The van der Waals surface area contributed by atoms with Crippen LogP contribution in [0.15, 0.2) is 17.0 Å². The smallest absolute Gasteiger partial charge is 0.123 e. The normalized spacial score (nSPS) is 10.0. The van der Waals surface area contributed by atoms with Crippen molar-refractivity contribution in [1.29, 1.82) is 0 Å². The molecule has 2 heteroatoms. The number of hydrogen-bond donors (Lipinski definition) is 0. The van der Waals surface area contributed by atoms with Crippen molar-refractivity contribution in [3.05, 3.63) is 23.3 Å². The van der Waals surface area contributed by atoms with Gasteiger partial charge < -0.3 is 4.74 Å². The molecule has 0 aliphatic carbocycles. The van der Waals surface area contributed by atoms with Crippen molar-refractivity contribution in [3.8, 4) is 5.75 Å². The summed E-state index contributed by atoms with van der Waals surface area (Å²) in [5.41, 5.74) is 2.52. The van der Waals surface area contributed by atoms with Gasteiger partial charge in [-0.1, -0.05) is 0 Å². The summed E-state index contributed by atoms with van der Waals surface area (Å²) >= 11 is 1.74. The maximum Gasteiger partial charge on any atom is 0.123 e. The van der Waals surface area contributed by atoms with E-state index in [1.165, 1.54) is 16.0 Å². The van der Waals surface area contributed by atoms with Gasteiger partial charge in [-0.2, -0.15) is 0 Å². The SMILES string of the molecule is COc1cc(SC)cc(C)c1C. The Morgan fingerprint density at radius 2 is 1.92 bits per heavy atom. The van der Waals surface area contributed by atoms with Gasteiger partial charge in [0.1, 0.15) is 5.75 Å². The molecule has 0 bridgehead atoms. The zero-order valence-corrected chi connectivity index (χ0v) is 8.79. The molecule has 0 aromatic heterocycles. The second kappa shape index (κ2) is 3.85. The fourth-order valence-corrected chi connectivity index (χ4v) is 1.64. The fourth-order valence-electron chi connectivity index (χ4n) is 1.12. The number of benzene rings is 1. The van der Waals surface area contributed by atoms with Gasteiger partial charge in [0.15, 0.2) is 0 Å². The van der Waals surface area contributed by atoms with Crippen molar-refractivity contribution >= 4 is 11.8 Å². The number of thioether (sulfide) groups is 1. The molecular formula is C10H14OS. The third-order valence-corrected chi connectivity index (χ3v) is 2.76. The molecule has 0 spiro atoms. The molecule has 66 valence electrons. The topological polar surface area (TPSA) is 9.23 Å². The molecule has 0 fully saturated rings. The molecule has 0 aliphatic heterocycles. The van der Waals surface area contributed by atoms with E-state index in [9.17, 15) is 0 Å². The first kappa shape index (κ1) is 9.46. The van der Waals surface area contributed by atoms with Gasteiger partial charge in [0.25, 0.3) is 0 Å². The van der Waals surface area contributed by atoms with Crippen molar-refractivity contribution < 1.29 is 4.74 Å². The standard InChI is InChI=1S/C10H14OS/c1-7-5-9(12-4)6-10(11-3)8(7)2/h5-6H,1-4H3. The summed E-state index contributed by atoms with van der Waals surface area (Å²) in [6, 6.07) is 4.26. The molecule has 0 aliphatic rings. The highest BCUT2D eigenvalue weighted by Crippen LogP contribution is 2.27. The van der Waals surface area contributed by atoms with Crippen LogP contribution in [0.5, 0.6) is 5.75 Å². The van der Waals surface area contributed by atoms with Gasteiger partial charge in [-0.05, 0) is 43.4 Å². The highest BCUT2D eigenvalue weighted by atomic mass is 32.2. The first-order valence-corrected chi connectivity index (χ1v) is 5.10. The molecule has 1 aromatic rings. The Labute approximate surface area is 78.1 Å². The van der Waals surface area contributed by atoms with Crippen LogP contribution < -0.4 is 4.74 Å². The Balaban J connectivity index is 3.19. The lowest BCUT2D eigenvalue weighted by Crippen LogP contribution is -1.90. The summed E-state index contributed by atoms with van der Waals surface area (Å²) < 4.78 is 5.25. The van der Waals surface area contributed by atoms with Crippen LogP contribution in [0.4, 0.5) is 0 Å². The molecule has 1 nitrogen and oxygen atoms in total. The Morgan fingerprint density at radius 3 is 2.42 bits per heavy atom. The van der Waals surface area contributed by atoms with E-state index in [2.05, 4.69) is 32.2 Å². The molecule has 0 atom stereocenters. The van der Waals surface area contributed by atoms with Crippen molar-refractivity contribution in [2.75, 3.05) is 13.4 Å². The lowest BCUT2D eigenvalue weighted by molar-refractivity contribution is 0.410. The molecule has 0 amide bonds. The van der Waals surface area contributed by atoms with Crippen LogP contribution in [0.1, 0.15) is 11.1 Å². The zero-order chi connectivity index (χ0) is 9.14. The lowest BCUT2D eigenvalue weighted by atomic mass is 10.1. The van der Waals surface area contributed by atoms with Crippen LogP contribution in [0.25, 0.3) is 0 Å². The highest BCUT2D eigenvalue weighted by Gasteiger charge is 2.03. The maximum absolute atomic E-state index is 5.25. The summed E-state index contributed by atoms with van der Waals surface area (Å²) in [6.45, 7) is 4.19. The third-order valence-electron chi connectivity index (χ3n) is 2.05. The van der Waals surface area contributed by atoms with Crippen LogP contribution in [0.3, 0.4) is 0 Å². The second-order valence-electron chi connectivity index (χ2n) is 2.77. The molecule has 12 heavy (non-hydrogen) atoms. The first-order chi connectivity index (χ1) is 5.69. The van der Waals surface area contributed by atoms with E-state index in [4.69, 9.17) is 4.74 Å². The molecule has 1 rings (SSSR count). The van der Waals surface area contributed by atoms with Crippen molar-refractivity contribution in [3.63, 3.8) is 0 Å². The molecule has 0 heterocycles. The average Bonchev–Trinajstić information content (AvgIpc) is 2.09. The molecule has 0 saturated heterocycles. The minimum atomic E-state index is 0.986. The maximum atomic E-state index is 5.25. The van der Waals surface area contributed by atoms with Gasteiger partial charge in [-0.25, -0.2) is 0 Å². The number of rotatable bonds is 2. The summed E-state index contributed by atoms with van der Waals surface area (Å²) in [5.74, 6) is 0.986. The highest BCUT2D eigenvalue weighted by molar-refractivity contribution is 7.98. The van der Waals surface area contributed by atoms with Crippen LogP contribution in [0.2, 0.25) is 0 Å². The van der Waals surface area contributed by atoms with Gasteiger partial charge in [0.2, 0.25) is 0 Å². The minimum Gasteiger partial charge on any atom is -0.496 e. The average molecular weight is 182 g/mol. The van der Waals surface area contributed by atoms with Gasteiger partial charge in [0.05, 0.1) is 7.11 Å². The predicted octanol–water partition coefficient (Wildman–Crippen LogP) is 3.03. The summed E-state index contributed by atoms with van der Waals surface area (Å²) in [6.07, 6.45) is 2.07. The zero-order valence-electron chi connectivity index (χ0n) is 7.97. The van der Waals surface area contributed by atoms with Crippen molar-refractivity contribution in [1.82, 2.24) is 0 Å². The monoisotopic (exact) mass is 182 g/mol. The largest absolute Gasteiger partial charge is 0.496 e. The van der Waals surface area contributed by atoms with E-state index in [1.807, 2.05) is 0 Å². The fraction of sp³-hybridized carbons (Fsp3) is 0.400. The van der Waals surface area contributed by atoms with E-state index >= 15 is 0 Å². The summed E-state index contributed by atoms with van der Waals surface area (Å²) in [7, 11) is 1.71. The van der Waals surface area contributed by atoms with E-state index in [1.54, 1.807) is 18.9 Å². The van der Waals surface area contributed by atoms with E-state index in [0.29, 0.717) is 0 Å². The Hall–Kier alpha value is -0.630. The van der Waals surface area contributed by atoms with Gasteiger partial charge >= 0.3 is 0 Å². The molecule has 1 aromatic carbocycles. The third kappa shape index (κ3) is 1.75. The quantitative estimate of drug-likeness (QED) is 0.650. The predicted molar refractivity (Wildman–Crippen MR) is 54.2 cm³/mol. The van der Waals surface area contributed by atoms with Gasteiger partial charge in [0, 0.05) is 4.90 Å². The van der Waals surface area contributed by atoms with Crippen LogP contribution in [-0.4, -0.2) is 13.4 Å². The number of aryl methyl sites for hydroxylation is 1. The molecule has 0 saturated carbocycles. The van der Waals surface area contributed by atoms with Crippen molar-refractivity contribution in [2.24, 2.45) is 0 Å². The molecule has 0 unspecified atom stereocenters. The van der Waals surface area contributed by atoms with Crippen LogP contribution in [0, 0.1) is 13.8 Å². The Kier molecular flexibility index (Phi) is 3.04. The Bertz CT molecular complexity index is 281. The van der Waals surface area contributed by atoms with E-state index in [0.717, 1.165) is 5.75 Å². The summed E-state index contributed by atoms with van der Waals surface area (Å²) in [4.78, 5) is 1.26. The molecule has 0 radical (unpaired) electrons. The molecular weight excluding hydrogens is 168 g/mol. The van der Waals surface area contributed by atoms with Gasteiger partial charge in [-0.15, -0.1) is 11.8 Å². The van der Waals surface area contributed by atoms with Crippen LogP contribution in [-0.2, 0) is 0 Å². The van der Waals surface area contributed by atoms with E-state index in [-0.39, 0.29) is 0 Å². The van der Waals surface area contributed by atoms with Crippen LogP contribution >= 0.6 is 11.8 Å². The first-order valence-electron chi connectivity index (χ1n) is 3.88. The van der Waals surface area contributed by atoms with Crippen molar-refractivity contribution in [2.45, 2.75) is 18.7 Å². The second-order valence-corrected chi connectivity index (χ2v) is 3.65. The number of hydrogen-bond acceptors (Lipinski definition) is 2. The number of ether oxygens (including phenoxy) is 1. The molecule has 0 N–H and O–H groups in total. The minimum absolute atomic E-state index is 0.986. The van der Waals surface area contributed by atoms with E-state index < -0.39 is 0 Å². The van der Waals surface area contributed by atoms with Gasteiger partial charge in [-0.3, -0.25) is 0 Å². The number of methoxy groups -OCH3 is 1. The lowest BCUT2D eigenvalue weighted by Gasteiger charge is -2.09. The summed E-state index contributed by atoms with van der Waals surface area (Å²) in [5, 5.41) is 0. The Morgan fingerprint density at radius 1 is 1.25 bits per heavy atom.